The molecule has 0 radical (unpaired) electrons. The van der Waals surface area contributed by atoms with Crippen LogP contribution in [0.2, 0.25) is 0 Å². The molecule has 0 aromatic heterocycles. The van der Waals surface area contributed by atoms with Crippen LogP contribution in [0.5, 0.6) is 11.5 Å². The number of methoxy groups -OCH3 is 2. The van der Waals surface area contributed by atoms with Crippen LogP contribution in [0.25, 0.3) is 0 Å². The Hall–Kier alpha value is -3.84. The number of benzene rings is 3. The molecule has 0 spiro atoms. The van der Waals surface area contributed by atoms with Crippen LogP contribution in [0, 0.1) is 0 Å². The van der Waals surface area contributed by atoms with Crippen LogP contribution < -0.4 is 14.8 Å². The van der Waals surface area contributed by atoms with Crippen LogP contribution in [0.1, 0.15) is 28.3 Å². The van der Waals surface area contributed by atoms with Crippen molar-refractivity contribution in [1.82, 2.24) is 15.1 Å². The Morgan fingerprint density at radius 3 is 2.26 bits per heavy atom. The molecular formula is C28H29N3O4. The molecule has 7 nitrogen and oxygen atoms in total. The van der Waals surface area contributed by atoms with E-state index in [1.54, 1.807) is 14.2 Å². The lowest BCUT2D eigenvalue weighted by Gasteiger charge is -2.39. The van der Waals surface area contributed by atoms with E-state index >= 15 is 0 Å². The molecule has 2 aliphatic heterocycles. The van der Waals surface area contributed by atoms with Gasteiger partial charge in [-0.15, -0.1) is 0 Å². The van der Waals surface area contributed by atoms with E-state index < -0.39 is 6.04 Å². The predicted molar refractivity (Wildman–Crippen MR) is 132 cm³/mol. The van der Waals surface area contributed by atoms with Crippen molar-refractivity contribution in [3.8, 4) is 11.5 Å². The molecule has 5 rings (SSSR count). The summed E-state index contributed by atoms with van der Waals surface area (Å²) in [6.07, 6.45) is 1.25. The van der Waals surface area contributed by atoms with Gasteiger partial charge in [-0.3, -0.25) is 9.69 Å². The fourth-order valence-electron chi connectivity index (χ4n) is 5.06. The van der Waals surface area contributed by atoms with Gasteiger partial charge in [-0.05, 0) is 40.8 Å². The number of imide groups is 1. The van der Waals surface area contributed by atoms with Crippen molar-refractivity contribution in [2.24, 2.45) is 0 Å². The lowest BCUT2D eigenvalue weighted by atomic mass is 9.88. The molecule has 2 aliphatic rings. The Morgan fingerprint density at radius 2 is 1.57 bits per heavy atom. The SMILES string of the molecule is COc1cc2c(cc1OC)C(c1ccccc1)N(CN1C(=O)NC(Cc3ccccc3)C1=O)CC2. The first-order chi connectivity index (χ1) is 17.1. The maximum absolute atomic E-state index is 13.2. The van der Waals surface area contributed by atoms with E-state index in [9.17, 15) is 9.59 Å². The summed E-state index contributed by atoms with van der Waals surface area (Å²) < 4.78 is 11.1. The van der Waals surface area contributed by atoms with E-state index in [-0.39, 0.29) is 24.6 Å². The number of rotatable bonds is 7. The van der Waals surface area contributed by atoms with E-state index in [4.69, 9.17) is 9.47 Å². The molecular weight excluding hydrogens is 442 g/mol. The molecule has 7 heteroatoms. The standard InChI is InChI=1S/C28H29N3O4/c1-34-24-16-21-13-14-30(26(20-11-7-4-8-12-20)22(21)17-25(24)35-2)18-31-27(32)23(29-28(31)33)15-19-9-5-3-6-10-19/h3-12,16-17,23,26H,13-15,18H2,1-2H3,(H,29,33). The van der Waals surface area contributed by atoms with Crippen LogP contribution in [0.15, 0.2) is 72.8 Å². The number of fused-ring (bicyclic) bond motifs is 1. The molecule has 3 aromatic carbocycles. The maximum Gasteiger partial charge on any atom is 0.325 e. The zero-order valence-corrected chi connectivity index (χ0v) is 19.9. The average Bonchev–Trinajstić information content (AvgIpc) is 3.16. The zero-order valence-electron chi connectivity index (χ0n) is 19.9. The van der Waals surface area contributed by atoms with E-state index in [0.717, 1.165) is 23.1 Å². The van der Waals surface area contributed by atoms with Gasteiger partial charge in [0.2, 0.25) is 0 Å². The van der Waals surface area contributed by atoms with Gasteiger partial charge in [0.1, 0.15) is 6.04 Å². The Bertz CT molecular complexity index is 1220. The minimum Gasteiger partial charge on any atom is -0.493 e. The second-order valence-electron chi connectivity index (χ2n) is 8.88. The Balaban J connectivity index is 1.44. The summed E-state index contributed by atoms with van der Waals surface area (Å²) >= 11 is 0. The molecule has 0 bridgehead atoms. The van der Waals surface area contributed by atoms with Crippen molar-refractivity contribution < 1.29 is 19.1 Å². The number of nitrogens with one attached hydrogen (secondary N) is 1. The van der Waals surface area contributed by atoms with Crippen molar-refractivity contribution in [2.45, 2.75) is 24.9 Å². The topological polar surface area (TPSA) is 71.1 Å². The van der Waals surface area contributed by atoms with Gasteiger partial charge in [0.05, 0.1) is 26.9 Å². The highest BCUT2D eigenvalue weighted by Gasteiger charge is 2.41. The fraction of sp³-hybridized carbons (Fsp3) is 0.286. The number of urea groups is 1. The molecule has 2 atom stereocenters. The minimum atomic E-state index is -0.554. The van der Waals surface area contributed by atoms with Crippen LogP contribution >= 0.6 is 0 Å². The molecule has 3 aromatic rings. The summed E-state index contributed by atoms with van der Waals surface area (Å²) in [5.74, 6) is 1.17. The third-order valence-electron chi connectivity index (χ3n) is 6.80. The van der Waals surface area contributed by atoms with Crippen molar-refractivity contribution in [1.29, 1.82) is 0 Å². The Kier molecular flexibility index (Phi) is 6.42. The van der Waals surface area contributed by atoms with Crippen molar-refractivity contribution in [3.05, 3.63) is 95.1 Å². The van der Waals surface area contributed by atoms with Crippen LogP contribution in [-0.2, 0) is 17.6 Å². The monoisotopic (exact) mass is 471 g/mol. The van der Waals surface area contributed by atoms with Crippen LogP contribution in [0.3, 0.4) is 0 Å². The molecule has 1 saturated heterocycles. The molecule has 3 amide bonds. The lowest BCUT2D eigenvalue weighted by molar-refractivity contribution is -0.129. The maximum atomic E-state index is 13.2. The first-order valence-electron chi connectivity index (χ1n) is 11.8. The van der Waals surface area contributed by atoms with Gasteiger partial charge in [0, 0.05) is 13.0 Å². The second kappa shape index (κ2) is 9.80. The smallest absolute Gasteiger partial charge is 0.325 e. The third kappa shape index (κ3) is 4.47. The Labute approximate surface area is 205 Å². The van der Waals surface area contributed by atoms with Gasteiger partial charge < -0.3 is 14.8 Å². The molecule has 2 heterocycles. The van der Waals surface area contributed by atoms with E-state index in [1.165, 1.54) is 10.5 Å². The summed E-state index contributed by atoms with van der Waals surface area (Å²) in [7, 11) is 3.26. The van der Waals surface area contributed by atoms with Gasteiger partial charge in [-0.2, -0.15) is 0 Å². The molecule has 0 saturated carbocycles. The van der Waals surface area contributed by atoms with Gasteiger partial charge >= 0.3 is 6.03 Å². The molecule has 0 aliphatic carbocycles. The fourth-order valence-corrected chi connectivity index (χ4v) is 5.06. The number of ether oxygens (including phenoxy) is 2. The molecule has 35 heavy (non-hydrogen) atoms. The first-order valence-corrected chi connectivity index (χ1v) is 11.8. The average molecular weight is 472 g/mol. The predicted octanol–water partition coefficient (Wildman–Crippen LogP) is 3.77. The zero-order chi connectivity index (χ0) is 24.4. The molecule has 1 N–H and O–H groups in total. The quantitative estimate of drug-likeness (QED) is 0.531. The van der Waals surface area contributed by atoms with Gasteiger partial charge in [0.25, 0.3) is 5.91 Å². The Morgan fingerprint density at radius 1 is 0.914 bits per heavy atom. The van der Waals surface area contributed by atoms with Gasteiger partial charge in [-0.25, -0.2) is 9.69 Å². The van der Waals surface area contributed by atoms with Crippen LogP contribution in [0.4, 0.5) is 4.79 Å². The van der Waals surface area contributed by atoms with Gasteiger partial charge in [0.15, 0.2) is 11.5 Å². The number of carbonyl (C=O) groups excluding carboxylic acids is 2. The largest absolute Gasteiger partial charge is 0.493 e. The van der Waals surface area contributed by atoms with Crippen molar-refractivity contribution in [2.75, 3.05) is 27.4 Å². The second-order valence-corrected chi connectivity index (χ2v) is 8.88. The highest BCUT2D eigenvalue weighted by molar-refractivity contribution is 6.04. The van der Waals surface area contributed by atoms with Gasteiger partial charge in [-0.1, -0.05) is 60.7 Å². The van der Waals surface area contributed by atoms with Crippen molar-refractivity contribution in [3.63, 3.8) is 0 Å². The van der Waals surface area contributed by atoms with E-state index in [2.05, 4.69) is 22.3 Å². The third-order valence-corrected chi connectivity index (χ3v) is 6.80. The summed E-state index contributed by atoms with van der Waals surface area (Å²) in [5.41, 5.74) is 4.37. The lowest BCUT2D eigenvalue weighted by Crippen LogP contribution is -2.46. The number of hydrogen-bond donors (Lipinski definition) is 1. The first kappa shape index (κ1) is 22.9. The summed E-state index contributed by atoms with van der Waals surface area (Å²) in [5, 5.41) is 2.87. The number of carbonyl (C=O) groups is 2. The normalized spacial score (nSPS) is 19.9. The van der Waals surface area contributed by atoms with Crippen LogP contribution in [-0.4, -0.2) is 55.2 Å². The number of hydrogen-bond acceptors (Lipinski definition) is 5. The highest BCUT2D eigenvalue weighted by Crippen LogP contribution is 2.41. The van der Waals surface area contributed by atoms with Crippen molar-refractivity contribution >= 4 is 11.9 Å². The summed E-state index contributed by atoms with van der Waals surface area (Å²) in [4.78, 5) is 29.6. The molecule has 180 valence electrons. The molecule has 2 unspecified atom stereocenters. The van der Waals surface area contributed by atoms with E-state index in [1.807, 2.05) is 60.7 Å². The number of nitrogens with zero attached hydrogens (tertiary/aromatic N) is 2. The minimum absolute atomic E-state index is 0.131. The van der Waals surface area contributed by atoms with E-state index in [0.29, 0.717) is 24.5 Å². The molecule has 1 fully saturated rings. The summed E-state index contributed by atoms with van der Waals surface area (Å²) in [6, 6.07) is 22.9. The highest BCUT2D eigenvalue weighted by atomic mass is 16.5. The summed E-state index contributed by atoms with van der Waals surface area (Å²) in [6.45, 7) is 0.908. The number of amides is 3.